The lowest BCUT2D eigenvalue weighted by atomic mass is 10.0. The summed E-state index contributed by atoms with van der Waals surface area (Å²) in [7, 11) is 4.11. The fraction of sp³-hybridized carbons (Fsp3) is 0.409. The molecule has 0 spiro atoms. The Morgan fingerprint density at radius 2 is 1.70 bits per heavy atom. The Labute approximate surface area is 162 Å². The number of amides is 1. The fourth-order valence-electron chi connectivity index (χ4n) is 3.79. The van der Waals surface area contributed by atoms with Crippen molar-refractivity contribution in [2.75, 3.05) is 56.6 Å². The number of hydrogen-bond acceptors (Lipinski definition) is 3. The summed E-state index contributed by atoms with van der Waals surface area (Å²) >= 11 is 0. The van der Waals surface area contributed by atoms with Crippen LogP contribution in [0.5, 0.6) is 0 Å². The predicted molar refractivity (Wildman–Crippen MR) is 112 cm³/mol. The second-order valence-electron chi connectivity index (χ2n) is 7.46. The summed E-state index contributed by atoms with van der Waals surface area (Å²) in [5.41, 5.74) is 3.78. The van der Waals surface area contributed by atoms with Crippen LogP contribution in [0, 0.1) is 0 Å². The standard InChI is InChI=1S/C22H30N4O/c1-18(27)23-17-22(19-9-11-20(12-10-19)24(2)3)26-15-13-25(14-16-26)21-7-5-4-6-8-21/h4-12,22H,13-17H2,1-3H3,(H,23,27)/p+1/t22-/m1/s1. The van der Waals surface area contributed by atoms with Gasteiger partial charge in [0.1, 0.15) is 6.04 Å². The highest BCUT2D eigenvalue weighted by molar-refractivity contribution is 5.72. The number of piperazine rings is 1. The van der Waals surface area contributed by atoms with Gasteiger partial charge in [-0.2, -0.15) is 0 Å². The second kappa shape index (κ2) is 8.91. The summed E-state index contributed by atoms with van der Waals surface area (Å²) in [6, 6.07) is 19.6. The van der Waals surface area contributed by atoms with E-state index < -0.39 is 0 Å². The second-order valence-corrected chi connectivity index (χ2v) is 7.46. The zero-order valence-electron chi connectivity index (χ0n) is 16.6. The van der Waals surface area contributed by atoms with Gasteiger partial charge in [0.25, 0.3) is 0 Å². The Hall–Kier alpha value is -2.53. The average molecular weight is 368 g/mol. The molecule has 1 atom stereocenters. The zero-order valence-corrected chi connectivity index (χ0v) is 16.6. The van der Waals surface area contributed by atoms with Crippen molar-refractivity contribution >= 4 is 17.3 Å². The molecule has 0 radical (unpaired) electrons. The van der Waals surface area contributed by atoms with Crippen LogP contribution in [0.25, 0.3) is 0 Å². The van der Waals surface area contributed by atoms with Crippen LogP contribution in [0.4, 0.5) is 11.4 Å². The number of anilines is 2. The molecular weight excluding hydrogens is 336 g/mol. The summed E-state index contributed by atoms with van der Waals surface area (Å²) in [4.78, 5) is 17.6. The minimum absolute atomic E-state index is 0.0345. The van der Waals surface area contributed by atoms with E-state index in [9.17, 15) is 4.79 Å². The smallest absolute Gasteiger partial charge is 0.217 e. The molecular formula is C22H31N4O+. The lowest BCUT2D eigenvalue weighted by molar-refractivity contribution is -0.931. The Kier molecular flexibility index (Phi) is 6.35. The molecule has 3 rings (SSSR count). The van der Waals surface area contributed by atoms with E-state index in [0.29, 0.717) is 6.54 Å². The van der Waals surface area contributed by atoms with E-state index >= 15 is 0 Å². The minimum atomic E-state index is 0.0345. The normalized spacial score (nSPS) is 16.0. The van der Waals surface area contributed by atoms with Crippen LogP contribution in [0.2, 0.25) is 0 Å². The largest absolute Gasteiger partial charge is 0.378 e. The molecule has 1 heterocycles. The van der Waals surface area contributed by atoms with Crippen LogP contribution >= 0.6 is 0 Å². The van der Waals surface area contributed by atoms with Crippen molar-refractivity contribution in [3.05, 3.63) is 60.2 Å². The SMILES string of the molecule is CC(=O)NC[C@H](c1ccc(N(C)C)cc1)[NH+]1CCN(c2ccccc2)CC1. The van der Waals surface area contributed by atoms with E-state index in [2.05, 4.69) is 83.8 Å². The molecule has 0 aliphatic carbocycles. The Balaban J connectivity index is 1.71. The number of hydrogen-bond donors (Lipinski definition) is 2. The van der Waals surface area contributed by atoms with Crippen molar-refractivity contribution < 1.29 is 9.69 Å². The van der Waals surface area contributed by atoms with Crippen LogP contribution in [-0.4, -0.2) is 52.7 Å². The Morgan fingerprint density at radius 1 is 1.07 bits per heavy atom. The number of benzene rings is 2. The van der Waals surface area contributed by atoms with Gasteiger partial charge in [-0.25, -0.2) is 0 Å². The van der Waals surface area contributed by atoms with E-state index in [-0.39, 0.29) is 11.9 Å². The quantitative estimate of drug-likeness (QED) is 0.809. The van der Waals surface area contributed by atoms with Crippen LogP contribution in [-0.2, 0) is 4.79 Å². The third-order valence-corrected chi connectivity index (χ3v) is 5.39. The molecule has 2 N–H and O–H groups in total. The van der Waals surface area contributed by atoms with Crippen LogP contribution in [0.3, 0.4) is 0 Å². The maximum atomic E-state index is 11.5. The molecule has 27 heavy (non-hydrogen) atoms. The molecule has 5 nitrogen and oxygen atoms in total. The third kappa shape index (κ3) is 5.01. The minimum Gasteiger partial charge on any atom is -0.378 e. The van der Waals surface area contributed by atoms with Crippen molar-refractivity contribution in [1.82, 2.24) is 5.32 Å². The van der Waals surface area contributed by atoms with Crippen molar-refractivity contribution in [2.24, 2.45) is 0 Å². The number of rotatable bonds is 6. The predicted octanol–water partition coefficient (Wildman–Crippen LogP) is 1.33. The van der Waals surface area contributed by atoms with Crippen molar-refractivity contribution in [3.8, 4) is 0 Å². The fourth-order valence-corrected chi connectivity index (χ4v) is 3.79. The van der Waals surface area contributed by atoms with E-state index in [1.807, 2.05) is 0 Å². The first-order valence-electron chi connectivity index (χ1n) is 9.71. The third-order valence-electron chi connectivity index (χ3n) is 5.39. The van der Waals surface area contributed by atoms with E-state index in [1.54, 1.807) is 6.92 Å². The molecule has 1 saturated heterocycles. The van der Waals surface area contributed by atoms with E-state index in [0.717, 1.165) is 26.2 Å². The van der Waals surface area contributed by atoms with Crippen LogP contribution in [0.1, 0.15) is 18.5 Å². The topological polar surface area (TPSA) is 40.0 Å². The van der Waals surface area contributed by atoms with Gasteiger partial charge in [0.15, 0.2) is 0 Å². The molecule has 0 saturated carbocycles. The van der Waals surface area contributed by atoms with Gasteiger partial charge < -0.3 is 20.0 Å². The number of carbonyl (C=O) groups is 1. The van der Waals surface area contributed by atoms with Gasteiger partial charge in [-0.3, -0.25) is 4.79 Å². The highest BCUT2D eigenvalue weighted by atomic mass is 16.1. The molecule has 144 valence electrons. The van der Waals surface area contributed by atoms with E-state index in [1.165, 1.54) is 21.8 Å². The number of nitrogens with zero attached hydrogens (tertiary/aromatic N) is 2. The van der Waals surface area contributed by atoms with E-state index in [4.69, 9.17) is 0 Å². The first-order valence-corrected chi connectivity index (χ1v) is 9.71. The first-order chi connectivity index (χ1) is 13.0. The van der Waals surface area contributed by atoms with Gasteiger partial charge in [0, 0.05) is 38.0 Å². The zero-order chi connectivity index (χ0) is 19.2. The summed E-state index contributed by atoms with van der Waals surface area (Å²) in [6.07, 6.45) is 0. The molecule has 2 aromatic rings. The summed E-state index contributed by atoms with van der Waals surface area (Å²) < 4.78 is 0. The lowest BCUT2D eigenvalue weighted by Crippen LogP contribution is -3.15. The van der Waals surface area contributed by atoms with Gasteiger partial charge in [-0.1, -0.05) is 30.3 Å². The van der Waals surface area contributed by atoms with Crippen LogP contribution in [0.15, 0.2) is 54.6 Å². The number of quaternary nitrogens is 1. The van der Waals surface area contributed by atoms with Crippen LogP contribution < -0.4 is 20.0 Å². The molecule has 0 bridgehead atoms. The van der Waals surface area contributed by atoms with Gasteiger partial charge in [-0.05, 0) is 24.3 Å². The van der Waals surface area contributed by atoms with Crippen molar-refractivity contribution in [2.45, 2.75) is 13.0 Å². The molecule has 1 fully saturated rings. The number of carbonyl (C=O) groups excluding carboxylic acids is 1. The summed E-state index contributed by atoms with van der Waals surface area (Å²) in [5, 5.41) is 3.04. The first kappa shape index (κ1) is 19.2. The maximum absolute atomic E-state index is 11.5. The Morgan fingerprint density at radius 3 is 2.26 bits per heavy atom. The molecule has 1 amide bonds. The van der Waals surface area contributed by atoms with Gasteiger partial charge in [0.2, 0.25) is 5.91 Å². The number of para-hydroxylation sites is 1. The molecule has 2 aromatic carbocycles. The summed E-state index contributed by atoms with van der Waals surface area (Å²) in [5.74, 6) is 0.0345. The van der Waals surface area contributed by atoms with Crippen molar-refractivity contribution in [1.29, 1.82) is 0 Å². The highest BCUT2D eigenvalue weighted by Crippen LogP contribution is 2.17. The molecule has 5 heteroatoms. The lowest BCUT2D eigenvalue weighted by Gasteiger charge is -2.38. The highest BCUT2D eigenvalue weighted by Gasteiger charge is 2.29. The molecule has 0 aromatic heterocycles. The summed E-state index contributed by atoms with van der Waals surface area (Å²) in [6.45, 7) is 6.47. The Bertz CT molecular complexity index is 722. The molecule has 1 aliphatic rings. The number of nitrogens with one attached hydrogen (secondary N) is 2. The van der Waals surface area contributed by atoms with Crippen molar-refractivity contribution in [3.63, 3.8) is 0 Å². The van der Waals surface area contributed by atoms with Gasteiger partial charge >= 0.3 is 0 Å². The maximum Gasteiger partial charge on any atom is 0.217 e. The van der Waals surface area contributed by atoms with Gasteiger partial charge in [0.05, 0.1) is 32.7 Å². The molecule has 0 unspecified atom stereocenters. The average Bonchev–Trinajstić information content (AvgIpc) is 2.69. The van der Waals surface area contributed by atoms with Gasteiger partial charge in [-0.15, -0.1) is 0 Å². The monoisotopic (exact) mass is 367 g/mol. The molecule has 1 aliphatic heterocycles.